The average molecular weight is 381 g/mol. The van der Waals surface area contributed by atoms with Gasteiger partial charge in [-0.2, -0.15) is 0 Å². The predicted molar refractivity (Wildman–Crippen MR) is 97.6 cm³/mol. The first-order chi connectivity index (χ1) is 12.2. The van der Waals surface area contributed by atoms with Crippen molar-refractivity contribution >= 4 is 21.8 Å². The Bertz CT molecular complexity index is 903. The van der Waals surface area contributed by atoms with E-state index >= 15 is 0 Å². The van der Waals surface area contributed by atoms with Gasteiger partial charge in [0.15, 0.2) is 0 Å². The van der Waals surface area contributed by atoms with E-state index in [2.05, 4.69) is 15.2 Å². The number of carbonyl (C=O) groups is 1. The van der Waals surface area contributed by atoms with Gasteiger partial charge in [-0.3, -0.25) is 10.1 Å². The van der Waals surface area contributed by atoms with Crippen LogP contribution in [0.3, 0.4) is 0 Å². The number of aryl methyl sites for hydroxylation is 1. The van der Waals surface area contributed by atoms with Crippen LogP contribution in [0.1, 0.15) is 33.4 Å². The number of rotatable bonds is 7. The van der Waals surface area contributed by atoms with Crippen molar-refractivity contribution in [1.82, 2.24) is 9.88 Å². The second-order valence-electron chi connectivity index (χ2n) is 6.01. The van der Waals surface area contributed by atoms with Crippen molar-refractivity contribution in [2.75, 3.05) is 12.4 Å². The zero-order valence-electron chi connectivity index (χ0n) is 15.4. The predicted octanol–water partition coefficient (Wildman–Crippen LogP) is 2.56. The summed E-state index contributed by atoms with van der Waals surface area (Å²) in [5, 5.41) is 6.54. The van der Waals surface area contributed by atoms with E-state index in [1.807, 2.05) is 6.92 Å². The molecule has 0 radical (unpaired) electrons. The van der Waals surface area contributed by atoms with Crippen LogP contribution in [0.4, 0.5) is 5.88 Å². The second kappa shape index (κ2) is 7.88. The van der Waals surface area contributed by atoms with Crippen LogP contribution in [0.5, 0.6) is 5.75 Å². The number of aromatic nitrogens is 1. The van der Waals surface area contributed by atoms with E-state index in [0.717, 1.165) is 0 Å². The Morgan fingerprint density at radius 3 is 2.58 bits per heavy atom. The molecule has 1 heterocycles. The number of hydrogen-bond donors (Lipinski definition) is 2. The highest BCUT2D eigenvalue weighted by Crippen LogP contribution is 2.36. The van der Waals surface area contributed by atoms with Crippen LogP contribution in [0.15, 0.2) is 27.6 Å². The average Bonchev–Trinajstić information content (AvgIpc) is 2.95. The summed E-state index contributed by atoms with van der Waals surface area (Å²) in [7, 11) is -2.38. The molecule has 1 amide bonds. The van der Waals surface area contributed by atoms with Crippen molar-refractivity contribution in [3.05, 3.63) is 23.9 Å². The Morgan fingerprint density at radius 2 is 2.04 bits per heavy atom. The van der Waals surface area contributed by atoms with Crippen molar-refractivity contribution in [2.45, 2.75) is 45.1 Å². The highest BCUT2D eigenvalue weighted by molar-refractivity contribution is 7.89. The second-order valence-corrected chi connectivity index (χ2v) is 7.69. The molecule has 0 aliphatic heterocycles. The molecule has 0 unspecified atom stereocenters. The Balaban J connectivity index is 2.65. The molecule has 0 aliphatic carbocycles. The summed E-state index contributed by atoms with van der Waals surface area (Å²) < 4.78 is 38.3. The molecule has 0 aliphatic rings. The molecule has 0 bridgehead atoms. The fourth-order valence-corrected chi connectivity index (χ4v) is 3.97. The number of amides is 1. The molecule has 8 nitrogen and oxygen atoms in total. The summed E-state index contributed by atoms with van der Waals surface area (Å²) in [6.07, 6.45) is 0.552. The van der Waals surface area contributed by atoms with Crippen LogP contribution in [-0.2, 0) is 21.2 Å². The molecule has 2 aromatic rings. The summed E-state index contributed by atoms with van der Waals surface area (Å²) >= 11 is 0. The monoisotopic (exact) mass is 381 g/mol. The van der Waals surface area contributed by atoms with Crippen LogP contribution in [0.2, 0.25) is 0 Å². The van der Waals surface area contributed by atoms with Gasteiger partial charge in [-0.25, -0.2) is 13.1 Å². The van der Waals surface area contributed by atoms with Gasteiger partial charge >= 0.3 is 0 Å². The molecule has 1 aromatic heterocycles. The number of anilines is 1. The summed E-state index contributed by atoms with van der Waals surface area (Å²) in [4.78, 5) is 11.4. The van der Waals surface area contributed by atoms with Crippen molar-refractivity contribution in [1.29, 1.82) is 0 Å². The molecule has 2 rings (SSSR count). The van der Waals surface area contributed by atoms with E-state index in [0.29, 0.717) is 23.2 Å². The number of methoxy groups -OCH3 is 1. The lowest BCUT2D eigenvalue weighted by Crippen LogP contribution is -2.30. The summed E-state index contributed by atoms with van der Waals surface area (Å²) in [6, 6.07) is 4.48. The van der Waals surface area contributed by atoms with E-state index < -0.39 is 10.0 Å². The maximum Gasteiger partial charge on any atom is 0.244 e. The van der Waals surface area contributed by atoms with Gasteiger partial charge in [0, 0.05) is 13.0 Å². The Kier molecular flexibility index (Phi) is 6.04. The van der Waals surface area contributed by atoms with Gasteiger partial charge < -0.3 is 9.26 Å². The lowest BCUT2D eigenvalue weighted by Gasteiger charge is -2.14. The quantitative estimate of drug-likeness (QED) is 0.763. The summed E-state index contributed by atoms with van der Waals surface area (Å²) in [5.74, 6) is 0.0880. The number of hydrogen-bond acceptors (Lipinski definition) is 6. The SMILES string of the molecule is CCc1noc(NC(C)=O)c1-c1ccc(OC)c(S(=O)(=O)NC(C)C)c1. The van der Waals surface area contributed by atoms with Gasteiger partial charge in [0.05, 0.1) is 18.4 Å². The van der Waals surface area contributed by atoms with Gasteiger partial charge in [0.2, 0.25) is 21.8 Å². The molecule has 0 atom stereocenters. The maximum absolute atomic E-state index is 12.7. The molecule has 1 aromatic carbocycles. The molecule has 0 saturated heterocycles. The number of sulfonamides is 1. The van der Waals surface area contributed by atoms with Crippen LogP contribution in [0.25, 0.3) is 11.1 Å². The van der Waals surface area contributed by atoms with E-state index in [9.17, 15) is 13.2 Å². The van der Waals surface area contributed by atoms with Crippen molar-refractivity contribution in [3.8, 4) is 16.9 Å². The smallest absolute Gasteiger partial charge is 0.244 e. The summed E-state index contributed by atoms with van der Waals surface area (Å²) in [6.45, 7) is 6.71. The van der Waals surface area contributed by atoms with Crippen molar-refractivity contribution in [3.63, 3.8) is 0 Å². The Labute approximate surface area is 153 Å². The lowest BCUT2D eigenvalue weighted by molar-refractivity contribution is -0.114. The van der Waals surface area contributed by atoms with Gasteiger partial charge in [-0.15, -0.1) is 0 Å². The maximum atomic E-state index is 12.7. The molecule has 0 spiro atoms. The third kappa shape index (κ3) is 4.23. The minimum Gasteiger partial charge on any atom is -0.495 e. The van der Waals surface area contributed by atoms with Gasteiger partial charge in [-0.05, 0) is 38.0 Å². The third-order valence-electron chi connectivity index (χ3n) is 3.52. The zero-order chi connectivity index (χ0) is 19.5. The number of nitrogens with one attached hydrogen (secondary N) is 2. The lowest BCUT2D eigenvalue weighted by atomic mass is 10.0. The van der Waals surface area contributed by atoms with E-state index in [1.165, 1.54) is 20.1 Å². The van der Waals surface area contributed by atoms with E-state index in [-0.39, 0.29) is 28.5 Å². The fourth-order valence-electron chi connectivity index (χ4n) is 2.52. The van der Waals surface area contributed by atoms with Gasteiger partial charge in [-0.1, -0.05) is 18.1 Å². The van der Waals surface area contributed by atoms with Gasteiger partial charge in [0.1, 0.15) is 10.6 Å². The molecular weight excluding hydrogens is 358 g/mol. The van der Waals surface area contributed by atoms with Crippen LogP contribution < -0.4 is 14.8 Å². The highest BCUT2D eigenvalue weighted by atomic mass is 32.2. The Hall–Kier alpha value is -2.39. The first-order valence-electron chi connectivity index (χ1n) is 8.16. The minimum atomic E-state index is -3.78. The highest BCUT2D eigenvalue weighted by Gasteiger charge is 2.24. The number of ether oxygens (including phenoxy) is 1. The molecule has 142 valence electrons. The Morgan fingerprint density at radius 1 is 1.35 bits per heavy atom. The largest absolute Gasteiger partial charge is 0.495 e. The molecule has 9 heteroatoms. The summed E-state index contributed by atoms with van der Waals surface area (Å²) in [5.41, 5.74) is 1.71. The number of carbonyl (C=O) groups excluding carboxylic acids is 1. The normalized spacial score (nSPS) is 11.6. The van der Waals surface area contributed by atoms with E-state index in [1.54, 1.807) is 26.0 Å². The standard InChI is InChI=1S/C17H23N3O5S/c1-6-13-16(17(25-19-13)18-11(4)21)12-7-8-14(24-5)15(9-12)26(22,23)20-10(2)3/h7-10,20H,6H2,1-5H3,(H,18,21). The first-order valence-corrected chi connectivity index (χ1v) is 9.64. The number of nitrogens with zero attached hydrogens (tertiary/aromatic N) is 1. The molecule has 0 fully saturated rings. The van der Waals surface area contributed by atoms with E-state index in [4.69, 9.17) is 9.26 Å². The fraction of sp³-hybridized carbons (Fsp3) is 0.412. The number of benzene rings is 1. The first kappa shape index (κ1) is 19.9. The van der Waals surface area contributed by atoms with Crippen LogP contribution in [0, 0.1) is 0 Å². The molecule has 26 heavy (non-hydrogen) atoms. The topological polar surface area (TPSA) is 111 Å². The third-order valence-corrected chi connectivity index (χ3v) is 5.20. The van der Waals surface area contributed by atoms with Crippen LogP contribution in [-0.4, -0.2) is 32.6 Å². The van der Waals surface area contributed by atoms with Gasteiger partial charge in [0.25, 0.3) is 0 Å². The van der Waals surface area contributed by atoms with Crippen LogP contribution >= 0.6 is 0 Å². The minimum absolute atomic E-state index is 0.00299. The zero-order valence-corrected chi connectivity index (χ0v) is 16.2. The molecule has 2 N–H and O–H groups in total. The molecular formula is C17H23N3O5S. The van der Waals surface area contributed by atoms with Crippen molar-refractivity contribution in [2.24, 2.45) is 0 Å². The van der Waals surface area contributed by atoms with Crippen molar-refractivity contribution < 1.29 is 22.5 Å². The molecule has 0 saturated carbocycles.